The lowest BCUT2D eigenvalue weighted by Crippen LogP contribution is -1.92. The molecule has 0 fully saturated rings. The van der Waals surface area contributed by atoms with Crippen LogP contribution in [-0.2, 0) is 0 Å². The van der Waals surface area contributed by atoms with Crippen LogP contribution in [0.25, 0.3) is 11.6 Å². The van der Waals surface area contributed by atoms with Crippen molar-refractivity contribution in [1.82, 2.24) is 0 Å². The number of halogens is 1. The van der Waals surface area contributed by atoms with Gasteiger partial charge in [0.2, 0.25) is 0 Å². The zero-order valence-electron chi connectivity index (χ0n) is 12.7. The summed E-state index contributed by atoms with van der Waals surface area (Å²) < 4.78 is 11.4. The van der Waals surface area contributed by atoms with Crippen molar-refractivity contribution in [2.24, 2.45) is 0 Å². The third-order valence-electron chi connectivity index (χ3n) is 3.25. The van der Waals surface area contributed by atoms with Crippen molar-refractivity contribution in [2.75, 3.05) is 14.2 Å². The molecule has 0 atom stereocenters. The average molecular weight is 358 g/mol. The van der Waals surface area contributed by atoms with Crippen molar-refractivity contribution in [3.8, 4) is 17.6 Å². The van der Waals surface area contributed by atoms with E-state index in [4.69, 9.17) is 9.47 Å². The highest BCUT2D eigenvalue weighted by Gasteiger charge is 2.10. The number of nitriles is 1. The molecule has 22 heavy (non-hydrogen) atoms. The molecule has 4 heteroatoms. The second-order valence-corrected chi connectivity index (χ2v) is 5.63. The highest BCUT2D eigenvalue weighted by molar-refractivity contribution is 9.10. The van der Waals surface area contributed by atoms with Gasteiger partial charge in [-0.2, -0.15) is 5.26 Å². The van der Waals surface area contributed by atoms with Crippen LogP contribution in [0.4, 0.5) is 0 Å². The van der Waals surface area contributed by atoms with Gasteiger partial charge in [-0.1, -0.05) is 29.8 Å². The summed E-state index contributed by atoms with van der Waals surface area (Å²) >= 11 is 3.46. The van der Waals surface area contributed by atoms with E-state index in [2.05, 4.69) is 22.0 Å². The van der Waals surface area contributed by atoms with Crippen molar-refractivity contribution in [1.29, 1.82) is 5.26 Å². The van der Waals surface area contributed by atoms with E-state index in [1.165, 1.54) is 0 Å². The van der Waals surface area contributed by atoms with E-state index in [0.29, 0.717) is 17.1 Å². The molecule has 0 radical (unpaired) electrons. The maximum Gasteiger partial charge on any atom is 0.174 e. The minimum Gasteiger partial charge on any atom is -0.493 e. The SMILES string of the molecule is COc1cc(/C=C(\C#N)c2ccc(C)cc2)cc(Br)c1OC. The molecule has 0 N–H and O–H groups in total. The first kappa shape index (κ1) is 16.1. The quantitative estimate of drug-likeness (QED) is 0.580. The minimum atomic E-state index is 0.596. The second-order valence-electron chi connectivity index (χ2n) is 4.77. The van der Waals surface area contributed by atoms with Gasteiger partial charge in [0.25, 0.3) is 0 Å². The van der Waals surface area contributed by atoms with E-state index in [9.17, 15) is 5.26 Å². The number of ether oxygens (including phenoxy) is 2. The van der Waals surface area contributed by atoms with Gasteiger partial charge in [-0.3, -0.25) is 0 Å². The van der Waals surface area contributed by atoms with Gasteiger partial charge in [0, 0.05) is 0 Å². The first-order valence-corrected chi connectivity index (χ1v) is 7.48. The summed E-state index contributed by atoms with van der Waals surface area (Å²) in [6.07, 6.45) is 1.83. The average Bonchev–Trinajstić information content (AvgIpc) is 2.53. The zero-order valence-corrected chi connectivity index (χ0v) is 14.3. The van der Waals surface area contributed by atoms with E-state index in [1.807, 2.05) is 49.4 Å². The largest absolute Gasteiger partial charge is 0.493 e. The van der Waals surface area contributed by atoms with Gasteiger partial charge < -0.3 is 9.47 Å². The monoisotopic (exact) mass is 357 g/mol. The van der Waals surface area contributed by atoms with Gasteiger partial charge in [0.15, 0.2) is 11.5 Å². The fraction of sp³-hybridized carbons (Fsp3) is 0.167. The molecule has 0 bridgehead atoms. The Hall–Kier alpha value is -2.25. The molecule has 3 nitrogen and oxygen atoms in total. The predicted octanol–water partition coefficient (Wildman–Crippen LogP) is 4.84. The van der Waals surface area contributed by atoms with Crippen LogP contribution in [0.2, 0.25) is 0 Å². The Morgan fingerprint density at radius 3 is 2.36 bits per heavy atom. The van der Waals surface area contributed by atoms with E-state index < -0.39 is 0 Å². The van der Waals surface area contributed by atoms with Crippen LogP contribution in [0.1, 0.15) is 16.7 Å². The molecule has 0 aliphatic rings. The van der Waals surface area contributed by atoms with Crippen molar-refractivity contribution in [3.05, 3.63) is 57.6 Å². The van der Waals surface area contributed by atoms with Crippen LogP contribution >= 0.6 is 15.9 Å². The third kappa shape index (κ3) is 3.49. The molecule has 0 amide bonds. The van der Waals surface area contributed by atoms with Crippen LogP contribution in [0, 0.1) is 18.3 Å². The van der Waals surface area contributed by atoms with Crippen LogP contribution in [0.5, 0.6) is 11.5 Å². The molecule has 0 heterocycles. The van der Waals surface area contributed by atoms with Gasteiger partial charge in [-0.15, -0.1) is 0 Å². The molecule has 2 rings (SSSR count). The minimum absolute atomic E-state index is 0.596. The Morgan fingerprint density at radius 1 is 1.14 bits per heavy atom. The number of methoxy groups -OCH3 is 2. The fourth-order valence-corrected chi connectivity index (χ4v) is 2.72. The van der Waals surface area contributed by atoms with Crippen molar-refractivity contribution >= 4 is 27.6 Å². The van der Waals surface area contributed by atoms with Crippen LogP contribution < -0.4 is 9.47 Å². The molecular formula is C18H16BrNO2. The Balaban J connectivity index is 2.48. The molecule has 0 aromatic heterocycles. The fourth-order valence-electron chi connectivity index (χ4n) is 2.10. The van der Waals surface area contributed by atoms with Gasteiger partial charge >= 0.3 is 0 Å². The number of rotatable bonds is 4. The number of benzene rings is 2. The second kappa shape index (κ2) is 7.15. The maximum atomic E-state index is 9.42. The zero-order chi connectivity index (χ0) is 16.1. The maximum absolute atomic E-state index is 9.42. The smallest absolute Gasteiger partial charge is 0.174 e. The molecule has 0 aliphatic heterocycles. The summed E-state index contributed by atoms with van der Waals surface area (Å²) in [5, 5.41) is 9.42. The summed E-state index contributed by atoms with van der Waals surface area (Å²) in [4.78, 5) is 0. The number of hydrogen-bond donors (Lipinski definition) is 0. The molecular weight excluding hydrogens is 342 g/mol. The highest BCUT2D eigenvalue weighted by Crippen LogP contribution is 2.37. The normalized spacial score (nSPS) is 11.0. The van der Waals surface area contributed by atoms with E-state index in [1.54, 1.807) is 14.2 Å². The molecule has 0 saturated heterocycles. The Morgan fingerprint density at radius 2 is 1.82 bits per heavy atom. The summed E-state index contributed by atoms with van der Waals surface area (Å²) in [5.74, 6) is 1.25. The third-order valence-corrected chi connectivity index (χ3v) is 3.84. The molecule has 0 aliphatic carbocycles. The van der Waals surface area contributed by atoms with Crippen molar-refractivity contribution in [2.45, 2.75) is 6.92 Å². The topological polar surface area (TPSA) is 42.2 Å². The van der Waals surface area contributed by atoms with Crippen LogP contribution in [0.3, 0.4) is 0 Å². The summed E-state index contributed by atoms with van der Waals surface area (Å²) in [5.41, 5.74) is 3.51. The first-order chi connectivity index (χ1) is 10.6. The van der Waals surface area contributed by atoms with Crippen molar-refractivity contribution in [3.63, 3.8) is 0 Å². The van der Waals surface area contributed by atoms with E-state index in [0.717, 1.165) is 21.2 Å². The van der Waals surface area contributed by atoms with Gasteiger partial charge in [0.1, 0.15) is 0 Å². The lowest BCUT2D eigenvalue weighted by molar-refractivity contribution is 0.353. The number of hydrogen-bond acceptors (Lipinski definition) is 3. The summed E-state index contributed by atoms with van der Waals surface area (Å²) in [6.45, 7) is 2.02. The highest BCUT2D eigenvalue weighted by atomic mass is 79.9. The molecule has 2 aromatic rings. The lowest BCUT2D eigenvalue weighted by atomic mass is 10.0. The van der Waals surface area contributed by atoms with Crippen molar-refractivity contribution < 1.29 is 9.47 Å². The van der Waals surface area contributed by atoms with Gasteiger partial charge in [-0.25, -0.2) is 0 Å². The number of nitrogens with zero attached hydrogens (tertiary/aromatic N) is 1. The standard InChI is InChI=1S/C18H16BrNO2/c1-12-4-6-14(7-5-12)15(11-20)8-13-9-16(19)18(22-3)17(10-13)21-2/h4-10H,1-3H3/b15-8+. The van der Waals surface area contributed by atoms with E-state index in [-0.39, 0.29) is 0 Å². The molecule has 112 valence electrons. The molecule has 0 saturated carbocycles. The number of allylic oxidation sites excluding steroid dienone is 1. The summed E-state index contributed by atoms with van der Waals surface area (Å²) in [7, 11) is 3.17. The Bertz CT molecular complexity index is 743. The number of aryl methyl sites for hydroxylation is 1. The van der Waals surface area contributed by atoms with Crippen LogP contribution in [0.15, 0.2) is 40.9 Å². The van der Waals surface area contributed by atoms with Gasteiger partial charge in [0.05, 0.1) is 30.3 Å². The molecule has 0 unspecified atom stereocenters. The predicted molar refractivity (Wildman–Crippen MR) is 91.9 cm³/mol. The van der Waals surface area contributed by atoms with E-state index >= 15 is 0 Å². The lowest BCUT2D eigenvalue weighted by Gasteiger charge is -2.10. The summed E-state index contributed by atoms with van der Waals surface area (Å²) in [6, 6.07) is 13.9. The Labute approximate surface area is 138 Å². The van der Waals surface area contributed by atoms with Gasteiger partial charge in [-0.05, 0) is 52.2 Å². The first-order valence-electron chi connectivity index (χ1n) is 6.69. The molecule has 0 spiro atoms. The van der Waals surface area contributed by atoms with Crippen LogP contribution in [-0.4, -0.2) is 14.2 Å². The Kier molecular flexibility index (Phi) is 5.24. The molecule has 2 aromatic carbocycles.